The van der Waals surface area contributed by atoms with Gasteiger partial charge >= 0.3 is 8.80 Å². The molecule has 1 saturated heterocycles. The minimum Gasteiger partial charge on any atom is -0.389 e. The third-order valence-electron chi connectivity index (χ3n) is 1.42. The van der Waals surface area contributed by atoms with E-state index in [9.17, 15) is 0 Å². The third kappa shape index (κ3) is 4.15. The van der Waals surface area contributed by atoms with Crippen LogP contribution in [0.3, 0.4) is 0 Å². The quantitative estimate of drug-likeness (QED) is 0.262. The van der Waals surface area contributed by atoms with Gasteiger partial charge in [0, 0.05) is 6.04 Å². The van der Waals surface area contributed by atoms with E-state index in [0.717, 1.165) is 0 Å². The number of hydrogen-bond acceptors (Lipinski definition) is 5. The summed E-state index contributed by atoms with van der Waals surface area (Å²) in [4.78, 5) is 22.9. The summed E-state index contributed by atoms with van der Waals surface area (Å²) in [7, 11) is -3.52. The highest BCUT2D eigenvalue weighted by Crippen LogP contribution is 2.11. The van der Waals surface area contributed by atoms with Crippen molar-refractivity contribution in [1.29, 1.82) is 0 Å². The van der Waals surface area contributed by atoms with Gasteiger partial charge in [0.15, 0.2) is 0 Å². The predicted octanol–water partition coefficient (Wildman–Crippen LogP) is -0.333. The van der Waals surface area contributed by atoms with E-state index >= 15 is 0 Å². The van der Waals surface area contributed by atoms with Gasteiger partial charge in [-0.25, -0.2) is 9.46 Å². The van der Waals surface area contributed by atoms with Crippen molar-refractivity contribution in [3.63, 3.8) is 0 Å². The van der Waals surface area contributed by atoms with Crippen LogP contribution in [0.15, 0.2) is 0 Å². The molecule has 0 saturated carbocycles. The lowest BCUT2D eigenvalue weighted by Crippen LogP contribution is -2.38. The van der Waals surface area contributed by atoms with Crippen molar-refractivity contribution in [1.82, 2.24) is 0 Å². The van der Waals surface area contributed by atoms with Crippen LogP contribution >= 0.6 is 0 Å². The van der Waals surface area contributed by atoms with Gasteiger partial charge in [0.1, 0.15) is 12.7 Å². The van der Waals surface area contributed by atoms with Crippen molar-refractivity contribution in [2.75, 3.05) is 13.2 Å². The van der Waals surface area contributed by atoms with E-state index in [4.69, 9.17) is 14.3 Å². The molecule has 0 bridgehead atoms. The van der Waals surface area contributed by atoms with Crippen molar-refractivity contribution < 1.29 is 23.8 Å². The Kier molecular flexibility index (Phi) is 3.63. The number of hydrogen-bond donors (Lipinski definition) is 2. The van der Waals surface area contributed by atoms with Gasteiger partial charge in [-0.15, -0.1) is 0 Å². The van der Waals surface area contributed by atoms with Gasteiger partial charge in [-0.05, 0) is 0 Å². The van der Waals surface area contributed by atoms with Crippen LogP contribution in [-0.4, -0.2) is 37.7 Å². The summed E-state index contributed by atoms with van der Waals surface area (Å²) in [5.41, 5.74) is 0. The molecular weight excluding hydrogens is 180 g/mol. The van der Waals surface area contributed by atoms with E-state index in [0.29, 0.717) is 13.0 Å². The highest BCUT2D eigenvalue weighted by Gasteiger charge is 2.34. The predicted molar refractivity (Wildman–Crippen MR) is 42.1 cm³/mol. The molecule has 0 amide bonds. The second kappa shape index (κ2) is 4.31. The van der Waals surface area contributed by atoms with Gasteiger partial charge in [-0.1, -0.05) is 13.3 Å². The van der Waals surface area contributed by atoms with Crippen molar-refractivity contribution in [3.05, 3.63) is 0 Å². The third-order valence-corrected chi connectivity index (χ3v) is 2.96. The van der Waals surface area contributed by atoms with Crippen molar-refractivity contribution in [3.8, 4) is 0 Å². The highest BCUT2D eigenvalue weighted by atomic mass is 28.4. The number of ether oxygens (including phenoxy) is 1. The molecular formula is C6H14O5Si. The van der Waals surface area contributed by atoms with Crippen LogP contribution < -0.4 is 0 Å². The monoisotopic (exact) mass is 194 g/mol. The molecule has 0 aromatic carbocycles. The maximum absolute atomic E-state index is 9.15. The fraction of sp³-hybridized carbons (Fsp3) is 1.00. The molecule has 1 fully saturated rings. The molecule has 2 N–H and O–H groups in total. The van der Waals surface area contributed by atoms with Gasteiger partial charge < -0.3 is 14.3 Å². The van der Waals surface area contributed by atoms with Crippen molar-refractivity contribution in [2.24, 2.45) is 0 Å². The SMILES string of the molecule is CCC[Si](O)(O)OOCC1CO1. The average Bonchev–Trinajstić information content (AvgIpc) is 2.70. The molecule has 0 aromatic rings. The molecule has 1 aliphatic heterocycles. The Hall–Kier alpha value is 0.0169. The molecule has 0 spiro atoms. The summed E-state index contributed by atoms with van der Waals surface area (Å²) >= 11 is 0. The molecule has 6 heteroatoms. The van der Waals surface area contributed by atoms with Gasteiger partial charge in [-0.3, -0.25) is 0 Å². The van der Waals surface area contributed by atoms with Crippen LogP contribution in [0, 0.1) is 0 Å². The molecule has 0 aliphatic carbocycles. The molecule has 12 heavy (non-hydrogen) atoms. The van der Waals surface area contributed by atoms with Crippen LogP contribution in [0.2, 0.25) is 6.04 Å². The molecule has 0 aromatic heterocycles. The first-order valence-corrected chi connectivity index (χ1v) is 6.02. The van der Waals surface area contributed by atoms with Crippen molar-refractivity contribution >= 4 is 8.80 Å². The van der Waals surface area contributed by atoms with Gasteiger partial charge in [0.25, 0.3) is 0 Å². The summed E-state index contributed by atoms with van der Waals surface area (Å²) in [6, 6.07) is 0.262. The normalized spacial score (nSPS) is 22.8. The molecule has 1 heterocycles. The average molecular weight is 194 g/mol. The molecule has 1 atom stereocenters. The van der Waals surface area contributed by atoms with Gasteiger partial charge in [0.05, 0.1) is 6.61 Å². The first-order valence-electron chi connectivity index (χ1n) is 4.01. The van der Waals surface area contributed by atoms with Crippen LogP contribution in [0.4, 0.5) is 0 Å². The van der Waals surface area contributed by atoms with E-state index in [1.165, 1.54) is 0 Å². The van der Waals surface area contributed by atoms with Gasteiger partial charge in [-0.2, -0.15) is 0 Å². The Morgan fingerprint density at radius 3 is 2.75 bits per heavy atom. The zero-order valence-electron chi connectivity index (χ0n) is 7.02. The van der Waals surface area contributed by atoms with Gasteiger partial charge in [0.2, 0.25) is 0 Å². The van der Waals surface area contributed by atoms with Crippen LogP contribution in [0.25, 0.3) is 0 Å². The minimum absolute atomic E-state index is 0.0800. The van der Waals surface area contributed by atoms with Crippen molar-refractivity contribution in [2.45, 2.75) is 25.5 Å². The second-order valence-corrected chi connectivity index (χ2v) is 4.97. The van der Waals surface area contributed by atoms with Crippen LogP contribution in [-0.2, 0) is 14.2 Å². The second-order valence-electron chi connectivity index (χ2n) is 2.82. The molecule has 72 valence electrons. The topological polar surface area (TPSA) is 71.5 Å². The molecule has 1 unspecified atom stereocenters. The first-order chi connectivity index (χ1) is 5.64. The fourth-order valence-electron chi connectivity index (χ4n) is 0.736. The zero-order chi connectivity index (χ0) is 9.03. The van der Waals surface area contributed by atoms with E-state index in [2.05, 4.69) is 9.46 Å². The highest BCUT2D eigenvalue weighted by molar-refractivity contribution is 6.57. The lowest BCUT2D eigenvalue weighted by Gasteiger charge is -2.14. The number of epoxide rings is 1. The lowest BCUT2D eigenvalue weighted by molar-refractivity contribution is -0.246. The standard InChI is InChI=1S/C6H14O5Si/c1-2-3-12(7,8)11-10-5-6-4-9-6/h6-8H,2-5H2,1H3. The lowest BCUT2D eigenvalue weighted by atomic mass is 10.5. The number of rotatable bonds is 6. The van der Waals surface area contributed by atoms with E-state index in [-0.39, 0.29) is 18.8 Å². The maximum atomic E-state index is 9.15. The molecule has 1 rings (SSSR count). The first kappa shape index (κ1) is 10.1. The summed E-state index contributed by atoms with van der Waals surface area (Å²) in [6.07, 6.45) is 0.749. The van der Waals surface area contributed by atoms with E-state index < -0.39 is 8.80 Å². The van der Waals surface area contributed by atoms with E-state index in [1.807, 2.05) is 6.92 Å². The Balaban J connectivity index is 2.01. The Labute approximate surface area is 72.2 Å². The largest absolute Gasteiger partial charge is 0.524 e. The maximum Gasteiger partial charge on any atom is 0.524 e. The smallest absolute Gasteiger partial charge is 0.389 e. The summed E-state index contributed by atoms with van der Waals surface area (Å²) in [5.74, 6) is 0. The zero-order valence-corrected chi connectivity index (χ0v) is 8.02. The Bertz CT molecular complexity index is 136. The molecule has 0 radical (unpaired) electrons. The minimum atomic E-state index is -3.52. The van der Waals surface area contributed by atoms with Crippen LogP contribution in [0.5, 0.6) is 0 Å². The Morgan fingerprint density at radius 2 is 2.25 bits per heavy atom. The van der Waals surface area contributed by atoms with E-state index in [1.54, 1.807) is 0 Å². The summed E-state index contributed by atoms with van der Waals surface area (Å²) in [6.45, 7) is 2.80. The Morgan fingerprint density at radius 1 is 1.58 bits per heavy atom. The summed E-state index contributed by atoms with van der Waals surface area (Å²) < 4.78 is 9.32. The molecule has 1 aliphatic rings. The molecule has 5 nitrogen and oxygen atoms in total. The summed E-state index contributed by atoms with van der Waals surface area (Å²) in [5, 5.41) is 0. The fourth-order valence-corrected chi connectivity index (χ4v) is 1.73. The van der Waals surface area contributed by atoms with Crippen LogP contribution in [0.1, 0.15) is 13.3 Å².